The van der Waals surface area contributed by atoms with E-state index < -0.39 is 0 Å². The largest absolute Gasteiger partial charge is 0.395 e. The van der Waals surface area contributed by atoms with Crippen molar-refractivity contribution in [3.63, 3.8) is 0 Å². The van der Waals surface area contributed by atoms with Crippen LogP contribution in [0.25, 0.3) is 0 Å². The Morgan fingerprint density at radius 1 is 1.67 bits per heavy atom. The summed E-state index contributed by atoms with van der Waals surface area (Å²) in [5.74, 6) is 0.0378. The summed E-state index contributed by atoms with van der Waals surface area (Å²) in [5.41, 5.74) is 0. The lowest BCUT2D eigenvalue weighted by Gasteiger charge is -2.21. The lowest BCUT2D eigenvalue weighted by atomic mass is 10.1. The zero-order valence-electron chi connectivity index (χ0n) is 9.02. The molecule has 0 spiro atoms. The first-order chi connectivity index (χ1) is 7.27. The van der Waals surface area contributed by atoms with Gasteiger partial charge in [0.2, 0.25) is 5.91 Å². The van der Waals surface area contributed by atoms with Gasteiger partial charge in [0.1, 0.15) is 0 Å². The van der Waals surface area contributed by atoms with Gasteiger partial charge >= 0.3 is 0 Å². The lowest BCUT2D eigenvalue weighted by molar-refractivity contribution is -0.133. The minimum Gasteiger partial charge on any atom is -0.395 e. The summed E-state index contributed by atoms with van der Waals surface area (Å²) in [7, 11) is 0. The molecule has 15 heavy (non-hydrogen) atoms. The SMILES string of the molecule is C=CCN(CCO)C(=O)CC1CCCO1. The molecule has 1 aliphatic heterocycles. The van der Waals surface area contributed by atoms with Crippen LogP contribution in [0, 0.1) is 0 Å². The maximum Gasteiger partial charge on any atom is 0.225 e. The Kier molecular flexibility index (Phi) is 5.36. The fraction of sp³-hybridized carbons (Fsp3) is 0.727. The summed E-state index contributed by atoms with van der Waals surface area (Å²) < 4.78 is 5.39. The fourth-order valence-corrected chi connectivity index (χ4v) is 1.72. The van der Waals surface area contributed by atoms with E-state index >= 15 is 0 Å². The van der Waals surface area contributed by atoms with E-state index in [1.54, 1.807) is 11.0 Å². The molecular weight excluding hydrogens is 194 g/mol. The van der Waals surface area contributed by atoms with Gasteiger partial charge in [-0.3, -0.25) is 4.79 Å². The normalized spacial score (nSPS) is 20.2. The number of carbonyl (C=O) groups excluding carboxylic acids is 1. The maximum absolute atomic E-state index is 11.8. The molecule has 0 aliphatic carbocycles. The molecule has 4 nitrogen and oxygen atoms in total. The van der Waals surface area contributed by atoms with Gasteiger partial charge in [0.05, 0.1) is 19.1 Å². The third-order valence-corrected chi connectivity index (χ3v) is 2.50. The molecule has 1 rings (SSSR count). The molecule has 1 saturated heterocycles. The molecule has 1 atom stereocenters. The van der Waals surface area contributed by atoms with Crippen molar-refractivity contribution >= 4 is 5.91 Å². The van der Waals surface area contributed by atoms with Crippen LogP contribution in [0.4, 0.5) is 0 Å². The second kappa shape index (κ2) is 6.58. The first-order valence-corrected chi connectivity index (χ1v) is 5.39. The van der Waals surface area contributed by atoms with E-state index in [0.29, 0.717) is 19.5 Å². The van der Waals surface area contributed by atoms with Crippen LogP contribution < -0.4 is 0 Å². The molecule has 1 aliphatic rings. The maximum atomic E-state index is 11.8. The molecule has 1 N–H and O–H groups in total. The second-order valence-electron chi connectivity index (χ2n) is 3.69. The molecule has 0 bridgehead atoms. The standard InChI is InChI=1S/C11H19NO3/c1-2-5-12(6-7-13)11(14)9-10-4-3-8-15-10/h2,10,13H,1,3-9H2. The number of amides is 1. The van der Waals surface area contributed by atoms with Crippen LogP contribution in [-0.4, -0.2) is 48.3 Å². The van der Waals surface area contributed by atoms with Gasteiger partial charge in [-0.1, -0.05) is 6.08 Å². The Labute approximate surface area is 90.5 Å². The average Bonchev–Trinajstić information content (AvgIpc) is 2.70. The molecule has 1 heterocycles. The van der Waals surface area contributed by atoms with Crippen LogP contribution >= 0.6 is 0 Å². The number of ether oxygens (including phenoxy) is 1. The van der Waals surface area contributed by atoms with E-state index in [1.807, 2.05) is 0 Å². The van der Waals surface area contributed by atoms with Crippen molar-refractivity contribution < 1.29 is 14.6 Å². The van der Waals surface area contributed by atoms with E-state index in [2.05, 4.69) is 6.58 Å². The molecule has 0 aromatic carbocycles. The quantitative estimate of drug-likeness (QED) is 0.656. The van der Waals surface area contributed by atoms with Gasteiger partial charge in [0.15, 0.2) is 0 Å². The summed E-state index contributed by atoms with van der Waals surface area (Å²) in [6.07, 6.45) is 4.17. The van der Waals surface area contributed by atoms with Gasteiger partial charge in [-0.15, -0.1) is 6.58 Å². The topological polar surface area (TPSA) is 49.8 Å². The van der Waals surface area contributed by atoms with Gasteiger partial charge in [-0.05, 0) is 12.8 Å². The number of hydrogen-bond acceptors (Lipinski definition) is 3. The predicted molar refractivity (Wildman–Crippen MR) is 57.5 cm³/mol. The summed E-state index contributed by atoms with van der Waals surface area (Å²) in [5, 5.41) is 8.81. The van der Waals surface area contributed by atoms with Crippen molar-refractivity contribution in [2.24, 2.45) is 0 Å². The van der Waals surface area contributed by atoms with Crippen molar-refractivity contribution in [2.75, 3.05) is 26.3 Å². The van der Waals surface area contributed by atoms with Crippen LogP contribution in [0.15, 0.2) is 12.7 Å². The minimum absolute atomic E-state index is 0.00883. The highest BCUT2D eigenvalue weighted by molar-refractivity contribution is 5.76. The highest BCUT2D eigenvalue weighted by Gasteiger charge is 2.21. The molecule has 86 valence electrons. The number of nitrogens with zero attached hydrogens (tertiary/aromatic N) is 1. The van der Waals surface area contributed by atoms with Crippen molar-refractivity contribution in [1.29, 1.82) is 0 Å². The van der Waals surface area contributed by atoms with Gasteiger partial charge in [-0.2, -0.15) is 0 Å². The third-order valence-electron chi connectivity index (χ3n) is 2.50. The zero-order chi connectivity index (χ0) is 11.1. The molecule has 0 aromatic heterocycles. The van der Waals surface area contributed by atoms with Crippen molar-refractivity contribution in [2.45, 2.75) is 25.4 Å². The Hall–Kier alpha value is -0.870. The molecule has 1 fully saturated rings. The highest BCUT2D eigenvalue weighted by atomic mass is 16.5. The molecule has 0 saturated carbocycles. The smallest absolute Gasteiger partial charge is 0.225 e. The van der Waals surface area contributed by atoms with Crippen LogP contribution in [0.1, 0.15) is 19.3 Å². The zero-order valence-corrected chi connectivity index (χ0v) is 9.02. The van der Waals surface area contributed by atoms with Crippen LogP contribution in [-0.2, 0) is 9.53 Å². The first-order valence-electron chi connectivity index (χ1n) is 5.39. The van der Waals surface area contributed by atoms with Gasteiger partial charge < -0.3 is 14.7 Å². The predicted octanol–water partition coefficient (Wildman–Crippen LogP) is 0.562. The fourth-order valence-electron chi connectivity index (χ4n) is 1.72. The monoisotopic (exact) mass is 213 g/mol. The molecule has 1 unspecified atom stereocenters. The second-order valence-corrected chi connectivity index (χ2v) is 3.69. The molecule has 4 heteroatoms. The molecular formula is C11H19NO3. The minimum atomic E-state index is -0.00883. The Morgan fingerprint density at radius 2 is 2.47 bits per heavy atom. The number of carbonyl (C=O) groups is 1. The number of aliphatic hydroxyl groups is 1. The molecule has 1 amide bonds. The van der Waals surface area contributed by atoms with E-state index in [9.17, 15) is 4.79 Å². The number of rotatable bonds is 6. The first kappa shape index (κ1) is 12.2. The summed E-state index contributed by atoms with van der Waals surface area (Å²) >= 11 is 0. The van der Waals surface area contributed by atoms with E-state index in [4.69, 9.17) is 9.84 Å². The Balaban J connectivity index is 2.36. The number of hydrogen-bond donors (Lipinski definition) is 1. The van der Waals surface area contributed by atoms with E-state index in [-0.39, 0.29) is 18.6 Å². The van der Waals surface area contributed by atoms with Crippen LogP contribution in [0.5, 0.6) is 0 Å². The molecule has 0 aromatic rings. The van der Waals surface area contributed by atoms with E-state index in [0.717, 1.165) is 19.4 Å². The lowest BCUT2D eigenvalue weighted by Crippen LogP contribution is -2.35. The van der Waals surface area contributed by atoms with Gasteiger partial charge in [0.25, 0.3) is 0 Å². The van der Waals surface area contributed by atoms with Crippen molar-refractivity contribution in [3.8, 4) is 0 Å². The number of aliphatic hydroxyl groups excluding tert-OH is 1. The Morgan fingerprint density at radius 3 is 3.00 bits per heavy atom. The average molecular weight is 213 g/mol. The van der Waals surface area contributed by atoms with Crippen LogP contribution in [0.3, 0.4) is 0 Å². The van der Waals surface area contributed by atoms with Crippen molar-refractivity contribution in [3.05, 3.63) is 12.7 Å². The van der Waals surface area contributed by atoms with E-state index in [1.165, 1.54) is 0 Å². The van der Waals surface area contributed by atoms with Crippen LogP contribution in [0.2, 0.25) is 0 Å². The molecule has 0 radical (unpaired) electrons. The third kappa shape index (κ3) is 4.01. The summed E-state index contributed by atoms with van der Waals surface area (Å²) in [6, 6.07) is 0. The summed E-state index contributed by atoms with van der Waals surface area (Å²) in [6.45, 7) is 5.21. The van der Waals surface area contributed by atoms with Crippen molar-refractivity contribution in [1.82, 2.24) is 4.90 Å². The van der Waals surface area contributed by atoms with Gasteiger partial charge in [-0.25, -0.2) is 0 Å². The summed E-state index contributed by atoms with van der Waals surface area (Å²) in [4.78, 5) is 13.4. The Bertz CT molecular complexity index is 212. The van der Waals surface area contributed by atoms with Gasteiger partial charge in [0, 0.05) is 19.7 Å². The highest BCUT2D eigenvalue weighted by Crippen LogP contribution is 2.16.